The Morgan fingerprint density at radius 3 is 0.852 bits per heavy atom. The number of carboxylic acid groups (broad SMARTS) is 4. The number of benzene rings is 2. The van der Waals surface area contributed by atoms with Crippen molar-refractivity contribution in [3.63, 3.8) is 0 Å². The van der Waals surface area contributed by atoms with Gasteiger partial charge in [-0.1, -0.05) is 142 Å². The summed E-state index contributed by atoms with van der Waals surface area (Å²) in [6.07, 6.45) is 26.3. The summed E-state index contributed by atoms with van der Waals surface area (Å²) in [4.78, 5) is 69.3. The predicted octanol–water partition coefficient (Wildman–Crippen LogP) is 11.9. The van der Waals surface area contributed by atoms with Crippen molar-refractivity contribution in [2.24, 2.45) is 0 Å². The number of hydrogen-bond acceptors (Lipinski definition) is 6. The maximum Gasteiger partial charge on any atom is 0.336 e. The van der Waals surface area contributed by atoms with Crippen LogP contribution in [0.25, 0.3) is 0 Å². The molecular weight excluding hydrogens is 688 g/mol. The first kappa shape index (κ1) is 47.7. The molecule has 0 saturated carbocycles. The molecule has 0 aliphatic carbocycles. The molecule has 0 radical (unpaired) electrons. The molecule has 0 saturated heterocycles. The lowest BCUT2D eigenvalue weighted by molar-refractivity contribution is 0.0678. The van der Waals surface area contributed by atoms with Gasteiger partial charge in [0.15, 0.2) is 11.6 Å². The van der Waals surface area contributed by atoms with Gasteiger partial charge in [0, 0.05) is 24.0 Å². The van der Waals surface area contributed by atoms with Gasteiger partial charge in [-0.3, -0.25) is 9.59 Å². The zero-order valence-corrected chi connectivity index (χ0v) is 32.7. The zero-order valence-electron chi connectivity index (χ0n) is 32.7. The molecule has 0 unspecified atom stereocenters. The van der Waals surface area contributed by atoms with Crippen molar-refractivity contribution in [3.8, 4) is 0 Å². The van der Waals surface area contributed by atoms with E-state index in [1.165, 1.54) is 126 Å². The number of ketones is 2. The predicted molar refractivity (Wildman–Crippen MR) is 212 cm³/mol. The van der Waals surface area contributed by atoms with E-state index in [1.807, 2.05) is 0 Å². The number of aromatic carboxylic acids is 4. The van der Waals surface area contributed by atoms with Crippen LogP contribution < -0.4 is 0 Å². The molecule has 2 rings (SSSR count). The first-order valence-corrected chi connectivity index (χ1v) is 20.2. The van der Waals surface area contributed by atoms with Crippen molar-refractivity contribution in [3.05, 3.63) is 69.8 Å². The molecule has 0 aliphatic rings. The second-order valence-electron chi connectivity index (χ2n) is 14.2. The molecule has 0 aliphatic heterocycles. The number of carboxylic acids is 4. The van der Waals surface area contributed by atoms with Crippen LogP contribution in [0.3, 0.4) is 0 Å². The summed E-state index contributed by atoms with van der Waals surface area (Å²) in [6.45, 7) is 4.44. The van der Waals surface area contributed by atoms with E-state index in [2.05, 4.69) is 13.8 Å². The molecule has 2 aromatic rings. The Morgan fingerprint density at radius 2 is 0.611 bits per heavy atom. The fourth-order valence-corrected chi connectivity index (χ4v) is 6.36. The molecular formula is C44H64O10. The number of carbonyl (C=O) groups is 6. The van der Waals surface area contributed by atoms with E-state index in [9.17, 15) is 39.0 Å². The van der Waals surface area contributed by atoms with Gasteiger partial charge in [0.05, 0.1) is 22.3 Å². The van der Waals surface area contributed by atoms with Crippen LogP contribution >= 0.6 is 0 Å². The van der Waals surface area contributed by atoms with E-state index >= 15 is 0 Å². The molecule has 0 bridgehead atoms. The fraction of sp³-hybridized carbons (Fsp3) is 0.591. The monoisotopic (exact) mass is 752 g/mol. The highest BCUT2D eigenvalue weighted by Crippen LogP contribution is 2.20. The van der Waals surface area contributed by atoms with E-state index in [-0.39, 0.29) is 57.8 Å². The number of Topliss-reactive ketones (excluding diaryl/α,β-unsaturated/α-hetero) is 2. The Labute approximate surface area is 321 Å². The van der Waals surface area contributed by atoms with Gasteiger partial charge in [-0.25, -0.2) is 19.2 Å². The maximum atomic E-state index is 12.3. The molecule has 10 heteroatoms. The van der Waals surface area contributed by atoms with Crippen molar-refractivity contribution in [1.29, 1.82) is 0 Å². The van der Waals surface area contributed by atoms with Crippen molar-refractivity contribution in [1.82, 2.24) is 0 Å². The average Bonchev–Trinajstić information content (AvgIpc) is 3.15. The average molecular weight is 753 g/mol. The van der Waals surface area contributed by atoms with Crippen LogP contribution in [-0.4, -0.2) is 55.9 Å². The molecule has 0 fully saturated rings. The molecule has 0 spiro atoms. The largest absolute Gasteiger partial charge is 0.478 e. The Balaban J connectivity index is 0.000000540. The molecule has 0 atom stereocenters. The van der Waals surface area contributed by atoms with Crippen molar-refractivity contribution < 1.29 is 49.2 Å². The Bertz CT molecular complexity index is 1350. The zero-order chi connectivity index (χ0) is 40.1. The lowest BCUT2D eigenvalue weighted by Gasteiger charge is -2.07. The van der Waals surface area contributed by atoms with Crippen molar-refractivity contribution in [2.75, 3.05) is 0 Å². The van der Waals surface area contributed by atoms with Gasteiger partial charge in [0.2, 0.25) is 0 Å². The molecule has 0 aromatic heterocycles. The smallest absolute Gasteiger partial charge is 0.336 e. The van der Waals surface area contributed by atoms with E-state index in [1.54, 1.807) is 0 Å². The summed E-state index contributed by atoms with van der Waals surface area (Å²) in [5, 5.41) is 36.5. The van der Waals surface area contributed by atoms with Crippen LogP contribution in [0.2, 0.25) is 0 Å². The number of carbonyl (C=O) groups excluding carboxylic acids is 2. The van der Waals surface area contributed by atoms with E-state index in [0.29, 0.717) is 12.8 Å². The Hall–Kier alpha value is -4.34. The molecule has 10 nitrogen and oxygen atoms in total. The third-order valence-electron chi connectivity index (χ3n) is 9.61. The quantitative estimate of drug-likeness (QED) is 0.0442. The van der Waals surface area contributed by atoms with Crippen LogP contribution in [-0.2, 0) is 0 Å². The van der Waals surface area contributed by atoms with E-state index in [4.69, 9.17) is 10.2 Å². The summed E-state index contributed by atoms with van der Waals surface area (Å²) < 4.78 is 0. The lowest BCUT2D eigenvalue weighted by atomic mass is 9.97. The lowest BCUT2D eigenvalue weighted by Crippen LogP contribution is -2.11. The normalized spacial score (nSPS) is 10.7. The van der Waals surface area contributed by atoms with Gasteiger partial charge < -0.3 is 20.4 Å². The van der Waals surface area contributed by atoms with Gasteiger partial charge in [0.1, 0.15) is 0 Å². The van der Waals surface area contributed by atoms with Gasteiger partial charge in [0.25, 0.3) is 0 Å². The summed E-state index contributed by atoms with van der Waals surface area (Å²) in [5.74, 6) is -5.37. The minimum absolute atomic E-state index is 0.00511. The third-order valence-corrected chi connectivity index (χ3v) is 9.61. The van der Waals surface area contributed by atoms with E-state index in [0.717, 1.165) is 38.5 Å². The first-order chi connectivity index (χ1) is 25.9. The highest BCUT2D eigenvalue weighted by atomic mass is 16.4. The summed E-state index contributed by atoms with van der Waals surface area (Å²) >= 11 is 0. The number of hydrogen-bond donors (Lipinski definition) is 4. The standard InChI is InChI=1S/2C22H32O5/c2*1-2-3-4-5-6-7-8-9-10-11-12-13-20(23)19-16-17(21(24)25)14-15-18(19)22(26)27/h2*14-16H,2-13H2,1H3,(H,24,25)(H,26,27). The minimum atomic E-state index is -1.21. The second-order valence-corrected chi connectivity index (χ2v) is 14.2. The fourth-order valence-electron chi connectivity index (χ4n) is 6.36. The Morgan fingerprint density at radius 1 is 0.352 bits per heavy atom. The van der Waals surface area contributed by atoms with Crippen LogP contribution in [0.15, 0.2) is 36.4 Å². The summed E-state index contributed by atoms with van der Waals surface area (Å²) in [6, 6.07) is 7.16. The first-order valence-electron chi connectivity index (χ1n) is 20.2. The second kappa shape index (κ2) is 29.1. The van der Waals surface area contributed by atoms with Crippen LogP contribution in [0.4, 0.5) is 0 Å². The van der Waals surface area contributed by atoms with E-state index < -0.39 is 23.9 Å². The van der Waals surface area contributed by atoms with Crippen molar-refractivity contribution in [2.45, 2.75) is 168 Å². The van der Waals surface area contributed by atoms with Gasteiger partial charge in [-0.05, 0) is 49.2 Å². The van der Waals surface area contributed by atoms with Gasteiger partial charge in [-0.15, -0.1) is 0 Å². The summed E-state index contributed by atoms with van der Waals surface area (Å²) in [7, 11) is 0. The van der Waals surface area contributed by atoms with Crippen LogP contribution in [0.1, 0.15) is 230 Å². The molecule has 0 heterocycles. The van der Waals surface area contributed by atoms with Crippen molar-refractivity contribution >= 4 is 35.4 Å². The molecule has 54 heavy (non-hydrogen) atoms. The Kier molecular flexibility index (Phi) is 25.7. The highest BCUT2D eigenvalue weighted by Gasteiger charge is 2.20. The molecule has 0 amide bonds. The topological polar surface area (TPSA) is 183 Å². The third kappa shape index (κ3) is 20.2. The van der Waals surface area contributed by atoms with Crippen LogP contribution in [0, 0.1) is 0 Å². The number of rotatable bonds is 30. The van der Waals surface area contributed by atoms with Gasteiger partial charge >= 0.3 is 23.9 Å². The summed E-state index contributed by atoms with van der Waals surface area (Å²) in [5.41, 5.74) is -0.408. The van der Waals surface area contributed by atoms with Crippen LogP contribution in [0.5, 0.6) is 0 Å². The SMILES string of the molecule is CCCCCCCCCCCCCC(=O)c1cc(C(=O)O)ccc1C(=O)O.CCCCCCCCCCCCCC(=O)c1cc(C(=O)O)ccc1C(=O)O. The minimum Gasteiger partial charge on any atom is -0.478 e. The highest BCUT2D eigenvalue weighted by molar-refractivity contribution is 6.08. The maximum absolute atomic E-state index is 12.3. The number of unbranched alkanes of at least 4 members (excludes halogenated alkanes) is 20. The molecule has 4 N–H and O–H groups in total. The van der Waals surface area contributed by atoms with Gasteiger partial charge in [-0.2, -0.15) is 0 Å². The molecule has 2 aromatic carbocycles. The molecule has 300 valence electrons.